The summed E-state index contributed by atoms with van der Waals surface area (Å²) in [5.41, 5.74) is 2.89. The maximum absolute atomic E-state index is 12.9. The summed E-state index contributed by atoms with van der Waals surface area (Å²) in [6.07, 6.45) is 0.127. The molecule has 0 fully saturated rings. The molecule has 1 aromatic carbocycles. The highest BCUT2D eigenvalue weighted by molar-refractivity contribution is 5.97. The summed E-state index contributed by atoms with van der Waals surface area (Å²) < 4.78 is 5.28. The van der Waals surface area contributed by atoms with E-state index in [1.807, 2.05) is 52.0 Å². The molecule has 1 aromatic rings. The average molecular weight is 401 g/mol. The topological polar surface area (TPSA) is 75.7 Å². The van der Waals surface area contributed by atoms with Crippen LogP contribution in [-0.2, 0) is 19.1 Å². The van der Waals surface area contributed by atoms with Crippen molar-refractivity contribution in [3.8, 4) is 0 Å². The van der Waals surface area contributed by atoms with Gasteiger partial charge in [0.15, 0.2) is 0 Å². The van der Waals surface area contributed by atoms with Crippen LogP contribution < -0.4 is 5.32 Å². The number of rotatable bonds is 7. The standard InChI is InChI=1S/C23H32N2O4/c1-7-29-23(28)22-17(6)25(13-20(26)24-16(5)14(2)3)21(27)12-19(22)18-10-8-9-15(4)11-18/h8-11,14,16,19H,7,12-13H2,1-6H3,(H,24,26)/t16-,19-/m1/s1. The fourth-order valence-corrected chi connectivity index (χ4v) is 3.46. The molecule has 0 unspecified atom stereocenters. The molecule has 1 aliphatic heterocycles. The van der Waals surface area contributed by atoms with Gasteiger partial charge in [0.05, 0.1) is 12.2 Å². The van der Waals surface area contributed by atoms with E-state index >= 15 is 0 Å². The number of aryl methyl sites for hydroxylation is 1. The molecule has 1 N–H and O–H groups in total. The van der Waals surface area contributed by atoms with Crippen LogP contribution in [0.25, 0.3) is 0 Å². The number of hydrogen-bond donors (Lipinski definition) is 1. The van der Waals surface area contributed by atoms with Crippen LogP contribution in [0.15, 0.2) is 35.5 Å². The number of hydrogen-bond acceptors (Lipinski definition) is 4. The van der Waals surface area contributed by atoms with Crippen LogP contribution in [0.1, 0.15) is 58.1 Å². The third kappa shape index (κ3) is 5.46. The number of nitrogens with one attached hydrogen (secondary N) is 1. The van der Waals surface area contributed by atoms with Crippen LogP contribution in [0.3, 0.4) is 0 Å². The van der Waals surface area contributed by atoms with Gasteiger partial charge in [0.2, 0.25) is 11.8 Å². The van der Waals surface area contributed by atoms with Crippen molar-refractivity contribution in [3.63, 3.8) is 0 Å². The summed E-state index contributed by atoms with van der Waals surface area (Å²) >= 11 is 0. The van der Waals surface area contributed by atoms with Crippen molar-refractivity contribution < 1.29 is 19.1 Å². The van der Waals surface area contributed by atoms with Gasteiger partial charge < -0.3 is 15.0 Å². The van der Waals surface area contributed by atoms with Gasteiger partial charge in [-0.15, -0.1) is 0 Å². The Balaban J connectivity index is 2.38. The van der Waals surface area contributed by atoms with Crippen LogP contribution >= 0.6 is 0 Å². The zero-order chi connectivity index (χ0) is 21.7. The number of allylic oxidation sites excluding steroid dienone is 1. The van der Waals surface area contributed by atoms with E-state index in [0.29, 0.717) is 11.3 Å². The van der Waals surface area contributed by atoms with Crippen molar-refractivity contribution in [3.05, 3.63) is 46.7 Å². The first kappa shape index (κ1) is 22.7. The van der Waals surface area contributed by atoms with Gasteiger partial charge >= 0.3 is 5.97 Å². The van der Waals surface area contributed by atoms with Crippen LogP contribution in [0.5, 0.6) is 0 Å². The van der Waals surface area contributed by atoms with Gasteiger partial charge in [0, 0.05) is 24.1 Å². The highest BCUT2D eigenvalue weighted by atomic mass is 16.5. The quantitative estimate of drug-likeness (QED) is 0.713. The highest BCUT2D eigenvalue weighted by Gasteiger charge is 2.37. The van der Waals surface area contributed by atoms with Gasteiger partial charge in [-0.25, -0.2) is 4.79 Å². The van der Waals surface area contributed by atoms with Gasteiger partial charge in [-0.3, -0.25) is 9.59 Å². The lowest BCUT2D eigenvalue weighted by atomic mass is 9.83. The molecule has 2 rings (SSSR count). The molecule has 1 aliphatic rings. The molecule has 2 atom stereocenters. The second-order valence-corrected chi connectivity index (χ2v) is 7.97. The van der Waals surface area contributed by atoms with Crippen LogP contribution in [0, 0.1) is 12.8 Å². The molecule has 0 bridgehead atoms. The van der Waals surface area contributed by atoms with Gasteiger partial charge in [0.1, 0.15) is 6.54 Å². The first-order chi connectivity index (χ1) is 13.6. The van der Waals surface area contributed by atoms with E-state index in [2.05, 4.69) is 5.32 Å². The van der Waals surface area contributed by atoms with E-state index in [1.54, 1.807) is 13.8 Å². The van der Waals surface area contributed by atoms with E-state index in [1.165, 1.54) is 4.90 Å². The Bertz CT molecular complexity index is 813. The second-order valence-electron chi connectivity index (χ2n) is 7.97. The third-order valence-corrected chi connectivity index (χ3v) is 5.45. The summed E-state index contributed by atoms with van der Waals surface area (Å²) in [6, 6.07) is 7.79. The zero-order valence-electron chi connectivity index (χ0n) is 18.2. The fraction of sp³-hybridized carbons (Fsp3) is 0.522. The van der Waals surface area contributed by atoms with Gasteiger partial charge in [-0.2, -0.15) is 0 Å². The maximum Gasteiger partial charge on any atom is 0.336 e. The first-order valence-electron chi connectivity index (χ1n) is 10.2. The predicted octanol–water partition coefficient (Wildman–Crippen LogP) is 3.31. The van der Waals surface area contributed by atoms with Crippen LogP contribution in [0.4, 0.5) is 0 Å². The van der Waals surface area contributed by atoms with Crippen molar-refractivity contribution in [2.24, 2.45) is 5.92 Å². The second kappa shape index (κ2) is 9.72. The molecule has 1 heterocycles. The van der Waals surface area contributed by atoms with E-state index in [9.17, 15) is 14.4 Å². The van der Waals surface area contributed by atoms with Gasteiger partial charge in [0.25, 0.3) is 0 Å². The maximum atomic E-state index is 12.9. The minimum Gasteiger partial charge on any atom is -0.463 e. The number of carbonyl (C=O) groups is 3. The Hall–Kier alpha value is -2.63. The van der Waals surface area contributed by atoms with E-state index in [-0.39, 0.29) is 49.3 Å². The number of esters is 1. The minimum absolute atomic E-state index is 0.00347. The largest absolute Gasteiger partial charge is 0.463 e. The lowest BCUT2D eigenvalue weighted by Gasteiger charge is -2.34. The normalized spacial score (nSPS) is 18.1. The zero-order valence-corrected chi connectivity index (χ0v) is 18.2. The molecule has 0 aliphatic carbocycles. The lowest BCUT2D eigenvalue weighted by molar-refractivity contribution is -0.141. The Morgan fingerprint density at radius 1 is 1.24 bits per heavy atom. The molecular weight excluding hydrogens is 368 g/mol. The number of ether oxygens (including phenoxy) is 1. The number of carbonyl (C=O) groups excluding carboxylic acids is 3. The fourth-order valence-electron chi connectivity index (χ4n) is 3.46. The molecule has 0 radical (unpaired) electrons. The molecule has 6 nitrogen and oxygen atoms in total. The summed E-state index contributed by atoms with van der Waals surface area (Å²) in [4.78, 5) is 39.6. The van der Waals surface area contributed by atoms with Crippen LogP contribution in [0.2, 0.25) is 0 Å². The molecule has 6 heteroatoms. The average Bonchev–Trinajstić information content (AvgIpc) is 2.64. The Kier molecular flexibility index (Phi) is 7.59. The third-order valence-electron chi connectivity index (χ3n) is 5.45. The monoisotopic (exact) mass is 400 g/mol. The van der Waals surface area contributed by atoms with Crippen molar-refractivity contribution >= 4 is 17.8 Å². The number of nitrogens with zero attached hydrogens (tertiary/aromatic N) is 1. The van der Waals surface area contributed by atoms with E-state index in [4.69, 9.17) is 4.74 Å². The molecule has 0 aromatic heterocycles. The van der Waals surface area contributed by atoms with Gasteiger partial charge in [-0.05, 0) is 39.2 Å². The highest BCUT2D eigenvalue weighted by Crippen LogP contribution is 2.37. The van der Waals surface area contributed by atoms with Crippen molar-refractivity contribution in [2.45, 2.75) is 59.9 Å². The minimum atomic E-state index is -0.440. The van der Waals surface area contributed by atoms with Crippen molar-refractivity contribution in [2.75, 3.05) is 13.2 Å². The lowest BCUT2D eigenvalue weighted by Crippen LogP contribution is -2.46. The molecule has 158 valence electrons. The number of benzene rings is 1. The van der Waals surface area contributed by atoms with Crippen molar-refractivity contribution in [1.29, 1.82) is 0 Å². The molecule has 2 amide bonds. The smallest absolute Gasteiger partial charge is 0.336 e. The summed E-state index contributed by atoms with van der Waals surface area (Å²) in [7, 11) is 0. The molecule has 0 saturated heterocycles. The molecule has 29 heavy (non-hydrogen) atoms. The Morgan fingerprint density at radius 3 is 2.52 bits per heavy atom. The van der Waals surface area contributed by atoms with Gasteiger partial charge in [-0.1, -0.05) is 43.7 Å². The Labute approximate surface area is 173 Å². The summed E-state index contributed by atoms with van der Waals surface area (Å²) in [5, 5.41) is 2.92. The molecule has 0 spiro atoms. The molecule has 0 saturated carbocycles. The first-order valence-corrected chi connectivity index (χ1v) is 10.2. The predicted molar refractivity (Wildman–Crippen MR) is 112 cm³/mol. The number of amides is 2. The SMILES string of the molecule is CCOC(=O)C1=C(C)N(CC(=O)N[C@H](C)C(C)C)C(=O)C[C@@H]1c1cccc(C)c1. The van der Waals surface area contributed by atoms with E-state index < -0.39 is 5.97 Å². The summed E-state index contributed by atoms with van der Waals surface area (Å²) in [6.45, 7) is 11.6. The molecular formula is C23H32N2O4. The Morgan fingerprint density at radius 2 is 1.93 bits per heavy atom. The van der Waals surface area contributed by atoms with E-state index in [0.717, 1.165) is 11.1 Å². The summed E-state index contributed by atoms with van der Waals surface area (Å²) in [5.74, 6) is -0.945. The van der Waals surface area contributed by atoms with Crippen molar-refractivity contribution in [1.82, 2.24) is 10.2 Å². The van der Waals surface area contributed by atoms with Crippen LogP contribution in [-0.4, -0.2) is 41.9 Å².